The summed E-state index contributed by atoms with van der Waals surface area (Å²) in [6, 6.07) is 3.21. The third-order valence-corrected chi connectivity index (χ3v) is 2.66. The molecule has 0 spiro atoms. The van der Waals surface area contributed by atoms with Crippen LogP contribution in [0, 0.1) is 6.92 Å². The Bertz CT molecular complexity index is 336. The van der Waals surface area contributed by atoms with Gasteiger partial charge in [-0.3, -0.25) is 0 Å². The van der Waals surface area contributed by atoms with Gasteiger partial charge in [-0.25, -0.2) is 4.79 Å². The average Bonchev–Trinajstić information content (AvgIpc) is 2.00. The molecule has 1 aromatic rings. The Kier molecular flexibility index (Phi) is 2.38. The van der Waals surface area contributed by atoms with E-state index in [1.807, 2.05) is 6.92 Å². The zero-order valence-corrected chi connectivity index (χ0v) is 8.05. The number of carboxylic acids is 1. The maximum absolute atomic E-state index is 10.6. The molecule has 3 N–H and O–H groups in total. The number of rotatable bonds is 1. The first-order chi connectivity index (χ1) is 5.54. The topological polar surface area (TPSA) is 63.3 Å². The Labute approximate surface area is 78.3 Å². The van der Waals surface area contributed by atoms with Crippen LogP contribution in [0.1, 0.15) is 15.9 Å². The first kappa shape index (κ1) is 9.06. The van der Waals surface area contributed by atoms with Crippen LogP contribution in [0.15, 0.2) is 16.6 Å². The van der Waals surface area contributed by atoms with Gasteiger partial charge < -0.3 is 10.8 Å². The van der Waals surface area contributed by atoms with Gasteiger partial charge in [0.05, 0.1) is 11.3 Å². The summed E-state index contributed by atoms with van der Waals surface area (Å²) in [4.78, 5) is 10.6. The van der Waals surface area contributed by atoms with E-state index >= 15 is 0 Å². The fourth-order valence-corrected chi connectivity index (χ4v) is 1.23. The molecule has 0 aromatic heterocycles. The summed E-state index contributed by atoms with van der Waals surface area (Å²) in [6.45, 7) is 1.85. The molecular weight excluding hydrogens is 222 g/mol. The van der Waals surface area contributed by atoms with E-state index in [0.29, 0.717) is 4.47 Å². The van der Waals surface area contributed by atoms with Gasteiger partial charge in [0, 0.05) is 4.47 Å². The summed E-state index contributed by atoms with van der Waals surface area (Å²) in [5.41, 5.74) is 6.90. The van der Waals surface area contributed by atoms with E-state index in [-0.39, 0.29) is 11.3 Å². The fraction of sp³-hybridized carbons (Fsp3) is 0.125. The standard InChI is InChI=1S/C8H8BrNO2/c1-4-2-3-5(8(11)12)7(10)6(4)9/h2-3H,10H2,1H3,(H,11,12). The Morgan fingerprint density at radius 3 is 2.67 bits per heavy atom. The minimum atomic E-state index is -1.01. The van der Waals surface area contributed by atoms with Crippen LogP contribution in [0.2, 0.25) is 0 Å². The van der Waals surface area contributed by atoms with Crippen molar-refractivity contribution in [3.05, 3.63) is 27.7 Å². The highest BCUT2D eigenvalue weighted by Crippen LogP contribution is 2.26. The van der Waals surface area contributed by atoms with E-state index in [9.17, 15) is 4.79 Å². The second-order valence-electron chi connectivity index (χ2n) is 2.46. The van der Waals surface area contributed by atoms with E-state index < -0.39 is 5.97 Å². The zero-order chi connectivity index (χ0) is 9.30. The second-order valence-corrected chi connectivity index (χ2v) is 3.26. The normalized spacial score (nSPS) is 9.83. The molecular formula is C8H8BrNO2. The number of nitrogen functional groups attached to an aromatic ring is 1. The molecule has 0 unspecified atom stereocenters. The highest BCUT2D eigenvalue weighted by molar-refractivity contribution is 9.10. The van der Waals surface area contributed by atoms with Crippen molar-refractivity contribution in [3.63, 3.8) is 0 Å². The smallest absolute Gasteiger partial charge is 0.337 e. The first-order valence-electron chi connectivity index (χ1n) is 3.32. The van der Waals surface area contributed by atoms with Crippen molar-refractivity contribution >= 4 is 27.6 Å². The van der Waals surface area contributed by atoms with E-state index in [1.54, 1.807) is 6.07 Å². The number of hydrogen-bond donors (Lipinski definition) is 2. The molecule has 0 aliphatic rings. The van der Waals surface area contributed by atoms with Crippen molar-refractivity contribution in [2.24, 2.45) is 0 Å². The number of benzene rings is 1. The summed E-state index contributed by atoms with van der Waals surface area (Å²) in [7, 11) is 0. The molecule has 0 aliphatic heterocycles. The Morgan fingerprint density at radius 2 is 2.17 bits per heavy atom. The molecule has 3 nitrogen and oxygen atoms in total. The van der Waals surface area contributed by atoms with E-state index in [4.69, 9.17) is 10.8 Å². The molecule has 0 saturated heterocycles. The summed E-state index contributed by atoms with van der Waals surface area (Å²) < 4.78 is 0.655. The van der Waals surface area contributed by atoms with Crippen LogP contribution in [0.3, 0.4) is 0 Å². The van der Waals surface area contributed by atoms with Gasteiger partial charge in [0.1, 0.15) is 0 Å². The lowest BCUT2D eigenvalue weighted by Crippen LogP contribution is -2.03. The molecule has 64 valence electrons. The maximum Gasteiger partial charge on any atom is 0.337 e. The lowest BCUT2D eigenvalue weighted by molar-refractivity contribution is 0.0698. The molecule has 0 fully saturated rings. The number of aryl methyl sites for hydroxylation is 1. The average molecular weight is 230 g/mol. The molecule has 1 aromatic carbocycles. The van der Waals surface area contributed by atoms with E-state index in [2.05, 4.69) is 15.9 Å². The molecule has 0 radical (unpaired) electrons. The van der Waals surface area contributed by atoms with Crippen LogP contribution < -0.4 is 5.73 Å². The van der Waals surface area contributed by atoms with E-state index in [1.165, 1.54) is 6.07 Å². The summed E-state index contributed by atoms with van der Waals surface area (Å²) in [6.07, 6.45) is 0. The van der Waals surface area contributed by atoms with Crippen molar-refractivity contribution < 1.29 is 9.90 Å². The number of carbonyl (C=O) groups is 1. The van der Waals surface area contributed by atoms with Crippen molar-refractivity contribution in [1.29, 1.82) is 0 Å². The summed E-state index contributed by atoms with van der Waals surface area (Å²) in [5.74, 6) is -1.01. The SMILES string of the molecule is Cc1ccc(C(=O)O)c(N)c1Br. The molecule has 4 heteroatoms. The van der Waals surface area contributed by atoms with Crippen molar-refractivity contribution in [1.82, 2.24) is 0 Å². The largest absolute Gasteiger partial charge is 0.478 e. The third kappa shape index (κ3) is 1.43. The minimum absolute atomic E-state index is 0.132. The molecule has 12 heavy (non-hydrogen) atoms. The van der Waals surface area contributed by atoms with Gasteiger partial charge in [-0.2, -0.15) is 0 Å². The zero-order valence-electron chi connectivity index (χ0n) is 6.47. The monoisotopic (exact) mass is 229 g/mol. The van der Waals surface area contributed by atoms with E-state index in [0.717, 1.165) is 5.56 Å². The molecule has 0 amide bonds. The van der Waals surface area contributed by atoms with Gasteiger partial charge in [-0.1, -0.05) is 6.07 Å². The Balaban J connectivity index is 3.36. The van der Waals surface area contributed by atoms with Crippen molar-refractivity contribution in [2.45, 2.75) is 6.92 Å². The highest BCUT2D eigenvalue weighted by atomic mass is 79.9. The predicted octanol–water partition coefficient (Wildman–Crippen LogP) is 2.04. The van der Waals surface area contributed by atoms with Crippen LogP contribution >= 0.6 is 15.9 Å². The summed E-state index contributed by atoms with van der Waals surface area (Å²) >= 11 is 3.21. The Hall–Kier alpha value is -1.03. The van der Waals surface area contributed by atoms with Crippen molar-refractivity contribution in [3.8, 4) is 0 Å². The van der Waals surface area contributed by atoms with Crippen molar-refractivity contribution in [2.75, 3.05) is 5.73 Å². The lowest BCUT2D eigenvalue weighted by Gasteiger charge is -2.05. The second kappa shape index (κ2) is 3.15. The molecule has 0 atom stereocenters. The number of nitrogens with two attached hydrogens (primary N) is 1. The van der Waals surface area contributed by atoms with Gasteiger partial charge in [0.2, 0.25) is 0 Å². The predicted molar refractivity (Wildman–Crippen MR) is 50.3 cm³/mol. The van der Waals surface area contributed by atoms with Crippen LogP contribution in [-0.4, -0.2) is 11.1 Å². The van der Waals surface area contributed by atoms with Gasteiger partial charge in [-0.05, 0) is 34.5 Å². The fourth-order valence-electron chi connectivity index (χ4n) is 0.888. The van der Waals surface area contributed by atoms with Crippen LogP contribution in [-0.2, 0) is 0 Å². The van der Waals surface area contributed by atoms with Gasteiger partial charge in [0.15, 0.2) is 0 Å². The Morgan fingerprint density at radius 1 is 1.58 bits per heavy atom. The number of carboxylic acid groups (broad SMARTS) is 1. The van der Waals surface area contributed by atoms with Crippen LogP contribution in [0.25, 0.3) is 0 Å². The van der Waals surface area contributed by atoms with Crippen LogP contribution in [0.5, 0.6) is 0 Å². The molecule has 0 saturated carbocycles. The number of anilines is 1. The molecule has 1 rings (SSSR count). The maximum atomic E-state index is 10.6. The summed E-state index contributed by atoms with van der Waals surface area (Å²) in [5, 5.41) is 8.68. The number of halogens is 1. The van der Waals surface area contributed by atoms with Gasteiger partial charge in [0.25, 0.3) is 0 Å². The number of hydrogen-bond acceptors (Lipinski definition) is 2. The van der Waals surface area contributed by atoms with Gasteiger partial charge in [-0.15, -0.1) is 0 Å². The quantitative estimate of drug-likeness (QED) is 0.725. The first-order valence-corrected chi connectivity index (χ1v) is 4.11. The molecule has 0 heterocycles. The molecule has 0 aliphatic carbocycles. The van der Waals surface area contributed by atoms with Crippen LogP contribution in [0.4, 0.5) is 5.69 Å². The minimum Gasteiger partial charge on any atom is -0.478 e. The number of aromatic carboxylic acids is 1. The van der Waals surface area contributed by atoms with Gasteiger partial charge >= 0.3 is 5.97 Å². The molecule has 0 bridgehead atoms. The highest BCUT2D eigenvalue weighted by Gasteiger charge is 2.10. The third-order valence-electron chi connectivity index (χ3n) is 1.60. The lowest BCUT2D eigenvalue weighted by atomic mass is 10.1.